The third kappa shape index (κ3) is 2.62. The Hall–Kier alpha value is -2.20. The van der Waals surface area contributed by atoms with Gasteiger partial charge in [-0.3, -0.25) is 9.67 Å². The van der Waals surface area contributed by atoms with Crippen molar-refractivity contribution in [1.29, 1.82) is 0 Å². The van der Waals surface area contributed by atoms with Crippen LogP contribution in [0.2, 0.25) is 0 Å². The number of hydrogen-bond donors (Lipinski definition) is 1. The smallest absolute Gasteiger partial charge is 0.200 e. The highest BCUT2D eigenvalue weighted by atomic mass is 32.1. The monoisotopic (exact) mass is 309 g/mol. The van der Waals surface area contributed by atoms with Crippen molar-refractivity contribution in [2.75, 3.05) is 0 Å². The Morgan fingerprint density at radius 2 is 1.73 bits per heavy atom. The summed E-state index contributed by atoms with van der Waals surface area (Å²) in [5, 5.41) is 7.37. The van der Waals surface area contributed by atoms with Gasteiger partial charge < -0.3 is 0 Å². The van der Waals surface area contributed by atoms with Crippen LogP contribution in [0.4, 0.5) is 0 Å². The van der Waals surface area contributed by atoms with Crippen molar-refractivity contribution in [2.24, 2.45) is 0 Å². The minimum atomic E-state index is 0.416. The van der Waals surface area contributed by atoms with E-state index in [-0.39, 0.29) is 0 Å². The molecule has 22 heavy (non-hydrogen) atoms. The first-order valence-electron chi connectivity index (χ1n) is 7.41. The molecule has 0 bridgehead atoms. The maximum Gasteiger partial charge on any atom is 0.200 e. The fourth-order valence-electron chi connectivity index (χ4n) is 2.60. The molecular weight excluding hydrogens is 290 g/mol. The lowest BCUT2D eigenvalue weighted by Crippen LogP contribution is -2.03. The lowest BCUT2D eigenvalue weighted by Gasteiger charge is -2.15. The van der Waals surface area contributed by atoms with Crippen LogP contribution in [0.1, 0.15) is 30.9 Å². The summed E-state index contributed by atoms with van der Waals surface area (Å²) in [4.78, 5) is 0. The molecule has 1 aromatic heterocycles. The Kier molecular flexibility index (Phi) is 3.94. The summed E-state index contributed by atoms with van der Waals surface area (Å²) in [7, 11) is 0. The number of H-pyrrole nitrogens is 1. The highest BCUT2D eigenvalue weighted by molar-refractivity contribution is 7.71. The second-order valence-corrected chi connectivity index (χ2v) is 6.15. The number of aromatic amines is 1. The molecule has 3 rings (SSSR count). The summed E-state index contributed by atoms with van der Waals surface area (Å²) in [6.07, 6.45) is 0. The first-order valence-corrected chi connectivity index (χ1v) is 7.82. The molecule has 0 amide bonds. The van der Waals surface area contributed by atoms with Gasteiger partial charge in [-0.15, -0.1) is 0 Å². The molecule has 1 heterocycles. The highest BCUT2D eigenvalue weighted by Crippen LogP contribution is 2.27. The number of benzene rings is 2. The van der Waals surface area contributed by atoms with Crippen molar-refractivity contribution >= 4 is 12.2 Å². The van der Waals surface area contributed by atoms with Crippen molar-refractivity contribution in [3.8, 4) is 17.1 Å². The Bertz CT molecular complexity index is 841. The molecule has 1 N–H and O–H groups in total. The van der Waals surface area contributed by atoms with Crippen LogP contribution in [0, 0.1) is 11.7 Å². The summed E-state index contributed by atoms with van der Waals surface area (Å²) in [5.41, 5.74) is 4.63. The molecule has 0 fully saturated rings. The van der Waals surface area contributed by atoms with Gasteiger partial charge in [-0.05, 0) is 36.7 Å². The van der Waals surface area contributed by atoms with E-state index >= 15 is 0 Å². The van der Waals surface area contributed by atoms with E-state index in [9.17, 15) is 0 Å². The SMILES string of the molecule is Cc1ccc(-c2n[nH]c(=S)n2-c2ccccc2C(C)C)cc1. The zero-order valence-electron chi connectivity index (χ0n) is 13.0. The van der Waals surface area contributed by atoms with Gasteiger partial charge >= 0.3 is 0 Å². The molecule has 112 valence electrons. The van der Waals surface area contributed by atoms with E-state index in [1.807, 2.05) is 10.6 Å². The molecular formula is C18H19N3S. The molecule has 0 aliphatic heterocycles. The topological polar surface area (TPSA) is 33.6 Å². The molecule has 3 nitrogen and oxygen atoms in total. The number of rotatable bonds is 3. The fourth-order valence-corrected chi connectivity index (χ4v) is 2.83. The van der Waals surface area contributed by atoms with Crippen LogP contribution < -0.4 is 0 Å². The predicted molar refractivity (Wildman–Crippen MR) is 93.0 cm³/mol. The standard InChI is InChI=1S/C18H19N3S/c1-12(2)15-6-4-5-7-16(15)21-17(19-20-18(21)22)14-10-8-13(3)9-11-14/h4-12H,1-3H3,(H,20,22). The number of aryl methyl sites for hydroxylation is 1. The molecule has 0 radical (unpaired) electrons. The predicted octanol–water partition coefficient (Wildman–Crippen LogP) is 5.03. The Morgan fingerprint density at radius 1 is 1.05 bits per heavy atom. The van der Waals surface area contributed by atoms with Crippen LogP contribution in [-0.2, 0) is 0 Å². The summed E-state index contributed by atoms with van der Waals surface area (Å²) >= 11 is 5.47. The normalized spacial score (nSPS) is 11.1. The Labute approximate surface area is 135 Å². The Balaban J connectivity index is 2.23. The molecule has 0 spiro atoms. The van der Waals surface area contributed by atoms with Gasteiger partial charge in [-0.1, -0.05) is 61.9 Å². The van der Waals surface area contributed by atoms with Crippen molar-refractivity contribution in [3.05, 3.63) is 64.4 Å². The lowest BCUT2D eigenvalue weighted by atomic mass is 10.0. The average molecular weight is 309 g/mol. The maximum absolute atomic E-state index is 5.47. The molecule has 0 saturated heterocycles. The van der Waals surface area contributed by atoms with Crippen LogP contribution >= 0.6 is 12.2 Å². The summed E-state index contributed by atoms with van der Waals surface area (Å²) < 4.78 is 2.64. The van der Waals surface area contributed by atoms with Gasteiger partial charge in [-0.2, -0.15) is 5.10 Å². The molecule has 0 unspecified atom stereocenters. The van der Waals surface area contributed by atoms with Crippen molar-refractivity contribution < 1.29 is 0 Å². The van der Waals surface area contributed by atoms with Gasteiger partial charge in [0.15, 0.2) is 10.6 Å². The fraction of sp³-hybridized carbons (Fsp3) is 0.222. The number of nitrogens with one attached hydrogen (secondary N) is 1. The average Bonchev–Trinajstić information content (AvgIpc) is 2.89. The number of hydrogen-bond acceptors (Lipinski definition) is 2. The van der Waals surface area contributed by atoms with E-state index in [0.29, 0.717) is 10.7 Å². The van der Waals surface area contributed by atoms with Crippen molar-refractivity contribution in [1.82, 2.24) is 14.8 Å². The minimum Gasteiger partial charge on any atom is -0.268 e. The first kappa shape index (κ1) is 14.7. The molecule has 0 aliphatic rings. The summed E-state index contributed by atoms with van der Waals surface area (Å²) in [5.74, 6) is 1.26. The van der Waals surface area contributed by atoms with E-state index < -0.39 is 0 Å². The number of para-hydroxylation sites is 1. The zero-order chi connectivity index (χ0) is 15.7. The van der Waals surface area contributed by atoms with Gasteiger partial charge in [-0.25, -0.2) is 0 Å². The Morgan fingerprint density at radius 3 is 2.41 bits per heavy atom. The van der Waals surface area contributed by atoms with Crippen LogP contribution in [-0.4, -0.2) is 14.8 Å². The molecule has 0 saturated carbocycles. The second-order valence-electron chi connectivity index (χ2n) is 5.77. The molecule has 0 atom stereocenters. The number of nitrogens with zero attached hydrogens (tertiary/aromatic N) is 2. The van der Waals surface area contributed by atoms with Crippen molar-refractivity contribution in [2.45, 2.75) is 26.7 Å². The quantitative estimate of drug-likeness (QED) is 0.688. The summed E-state index contributed by atoms with van der Waals surface area (Å²) in [6.45, 7) is 6.46. The molecule has 2 aromatic carbocycles. The first-order chi connectivity index (χ1) is 10.6. The van der Waals surface area contributed by atoms with E-state index in [2.05, 4.69) is 73.4 Å². The van der Waals surface area contributed by atoms with Crippen LogP contribution in [0.15, 0.2) is 48.5 Å². The van der Waals surface area contributed by atoms with Gasteiger partial charge in [0, 0.05) is 5.56 Å². The van der Waals surface area contributed by atoms with Crippen LogP contribution in [0.5, 0.6) is 0 Å². The molecule has 4 heteroatoms. The largest absolute Gasteiger partial charge is 0.268 e. The molecule has 0 aliphatic carbocycles. The van der Waals surface area contributed by atoms with Gasteiger partial charge in [0.05, 0.1) is 5.69 Å². The maximum atomic E-state index is 5.47. The van der Waals surface area contributed by atoms with Crippen LogP contribution in [0.25, 0.3) is 17.1 Å². The van der Waals surface area contributed by atoms with E-state index in [4.69, 9.17) is 12.2 Å². The zero-order valence-corrected chi connectivity index (χ0v) is 13.8. The van der Waals surface area contributed by atoms with Crippen molar-refractivity contribution in [3.63, 3.8) is 0 Å². The van der Waals surface area contributed by atoms with E-state index in [0.717, 1.165) is 17.1 Å². The third-order valence-corrected chi connectivity index (χ3v) is 4.06. The van der Waals surface area contributed by atoms with Gasteiger partial charge in [0.2, 0.25) is 0 Å². The van der Waals surface area contributed by atoms with E-state index in [1.54, 1.807) is 0 Å². The van der Waals surface area contributed by atoms with Crippen LogP contribution in [0.3, 0.4) is 0 Å². The van der Waals surface area contributed by atoms with E-state index in [1.165, 1.54) is 11.1 Å². The molecule has 3 aromatic rings. The van der Waals surface area contributed by atoms with Gasteiger partial charge in [0.25, 0.3) is 0 Å². The number of aromatic nitrogens is 3. The lowest BCUT2D eigenvalue weighted by molar-refractivity contribution is 0.845. The summed E-state index contributed by atoms with van der Waals surface area (Å²) in [6, 6.07) is 16.7. The van der Waals surface area contributed by atoms with Gasteiger partial charge in [0.1, 0.15) is 0 Å². The third-order valence-electron chi connectivity index (χ3n) is 3.78. The minimum absolute atomic E-state index is 0.416. The highest BCUT2D eigenvalue weighted by Gasteiger charge is 2.14. The second kappa shape index (κ2) is 5.89.